The Kier molecular flexibility index (Phi) is 49.8. The van der Waals surface area contributed by atoms with Crippen LogP contribution < -0.4 is 5.32 Å². The van der Waals surface area contributed by atoms with Gasteiger partial charge >= 0.3 is 0 Å². The third kappa shape index (κ3) is 48.5. The average Bonchev–Trinajstić information content (AvgIpc) is 3.26. The first kappa shape index (κ1) is 58.6. The van der Waals surface area contributed by atoms with Gasteiger partial charge < -0.3 is 15.5 Å². The van der Waals surface area contributed by atoms with Crippen LogP contribution >= 0.6 is 0 Å². The van der Waals surface area contributed by atoms with Crippen molar-refractivity contribution < 1.29 is 15.0 Å². The Morgan fingerprint density at radius 3 is 1.15 bits per heavy atom. The second-order valence-electron chi connectivity index (χ2n) is 17.6. The fourth-order valence-corrected chi connectivity index (χ4v) is 7.63. The predicted molar refractivity (Wildman–Crippen MR) is 271 cm³/mol. The fraction of sp³-hybridized carbons (Fsp3) is 0.737. The summed E-state index contributed by atoms with van der Waals surface area (Å²) in [5.74, 6) is -0.0819. The number of rotatable bonds is 47. The van der Waals surface area contributed by atoms with E-state index in [9.17, 15) is 15.0 Å². The molecule has 0 aromatic carbocycles. The van der Waals surface area contributed by atoms with E-state index in [-0.39, 0.29) is 12.5 Å². The quantitative estimate of drug-likeness (QED) is 0.0422. The van der Waals surface area contributed by atoms with Gasteiger partial charge in [0.15, 0.2) is 0 Å². The molecule has 61 heavy (non-hydrogen) atoms. The van der Waals surface area contributed by atoms with E-state index in [0.29, 0.717) is 6.42 Å². The first-order chi connectivity index (χ1) is 30.2. The van der Waals surface area contributed by atoms with Crippen molar-refractivity contribution in [2.75, 3.05) is 6.61 Å². The Morgan fingerprint density at radius 2 is 0.738 bits per heavy atom. The van der Waals surface area contributed by atoms with E-state index in [2.05, 4.69) is 92.1 Å². The van der Waals surface area contributed by atoms with E-state index in [1.54, 1.807) is 6.08 Å². The maximum atomic E-state index is 12.5. The van der Waals surface area contributed by atoms with Gasteiger partial charge in [-0.3, -0.25) is 4.79 Å². The molecule has 0 fully saturated rings. The Hall–Kier alpha value is -2.43. The molecule has 0 radical (unpaired) electrons. The first-order valence-corrected chi connectivity index (χ1v) is 26.3. The van der Waals surface area contributed by atoms with Crippen LogP contribution in [0.4, 0.5) is 0 Å². The van der Waals surface area contributed by atoms with E-state index < -0.39 is 12.1 Å². The molecular weight excluding hydrogens is 747 g/mol. The molecule has 3 N–H and O–H groups in total. The minimum Gasteiger partial charge on any atom is -0.394 e. The molecule has 0 aliphatic carbocycles. The monoisotopic (exact) mass is 848 g/mol. The molecule has 0 bridgehead atoms. The van der Waals surface area contributed by atoms with Crippen molar-refractivity contribution in [2.45, 2.75) is 264 Å². The number of nitrogens with one attached hydrogen (secondary N) is 1. The van der Waals surface area contributed by atoms with E-state index >= 15 is 0 Å². The van der Waals surface area contributed by atoms with Crippen LogP contribution in [0, 0.1) is 0 Å². The van der Waals surface area contributed by atoms with Gasteiger partial charge in [-0.15, -0.1) is 0 Å². The summed E-state index contributed by atoms with van der Waals surface area (Å²) in [5, 5.41) is 23.1. The summed E-state index contributed by atoms with van der Waals surface area (Å²) < 4.78 is 0. The van der Waals surface area contributed by atoms with Crippen LogP contribution in [-0.4, -0.2) is 34.9 Å². The maximum Gasteiger partial charge on any atom is 0.220 e. The van der Waals surface area contributed by atoms with Gasteiger partial charge in [-0.25, -0.2) is 0 Å². The summed E-state index contributed by atoms with van der Waals surface area (Å²) in [6.45, 7) is 4.19. The highest BCUT2D eigenvalue weighted by molar-refractivity contribution is 5.76. The van der Waals surface area contributed by atoms with Gasteiger partial charge in [-0.05, 0) is 77.0 Å². The molecule has 0 spiro atoms. The van der Waals surface area contributed by atoms with Crippen LogP contribution in [0.25, 0.3) is 0 Å². The number of hydrogen-bond acceptors (Lipinski definition) is 3. The molecule has 0 heterocycles. The Bertz CT molecular complexity index is 1100. The predicted octanol–water partition coefficient (Wildman–Crippen LogP) is 17.2. The number of carbonyl (C=O) groups is 1. The zero-order valence-corrected chi connectivity index (χ0v) is 40.4. The molecule has 0 aliphatic heterocycles. The van der Waals surface area contributed by atoms with Crippen molar-refractivity contribution in [3.05, 3.63) is 85.1 Å². The van der Waals surface area contributed by atoms with Crippen molar-refractivity contribution in [1.29, 1.82) is 0 Å². The second-order valence-corrected chi connectivity index (χ2v) is 17.6. The lowest BCUT2D eigenvalue weighted by Gasteiger charge is -2.19. The van der Waals surface area contributed by atoms with Gasteiger partial charge in [0, 0.05) is 6.42 Å². The zero-order valence-electron chi connectivity index (χ0n) is 40.4. The molecule has 0 saturated heterocycles. The number of amides is 1. The number of carbonyl (C=O) groups excluding carboxylic acids is 1. The van der Waals surface area contributed by atoms with E-state index in [1.807, 2.05) is 6.08 Å². The van der Waals surface area contributed by atoms with Crippen molar-refractivity contribution in [2.24, 2.45) is 0 Å². The van der Waals surface area contributed by atoms with Crippen LogP contribution in [0.1, 0.15) is 251 Å². The summed E-state index contributed by atoms with van der Waals surface area (Å²) in [5.41, 5.74) is 0. The SMILES string of the molecule is CC/C=C\C/C=C\C/C=C\C/C=C\C/C=C\CCCCCCCCCCCC(=O)NC(CO)C(O)/C=C/CC/C=C/CCCCCCCCCCCCCCCCCCCC. The average molecular weight is 848 g/mol. The number of allylic oxidation sites excluding steroid dienone is 13. The lowest BCUT2D eigenvalue weighted by molar-refractivity contribution is -0.123. The van der Waals surface area contributed by atoms with E-state index in [1.165, 1.54) is 161 Å². The molecule has 352 valence electrons. The molecule has 0 aromatic heterocycles. The van der Waals surface area contributed by atoms with Gasteiger partial charge in [0.1, 0.15) is 0 Å². The van der Waals surface area contributed by atoms with Gasteiger partial charge in [-0.2, -0.15) is 0 Å². The molecule has 2 atom stereocenters. The normalized spacial score (nSPS) is 13.6. The Balaban J connectivity index is 3.60. The number of unbranched alkanes of at least 4 members (excludes halogenated alkanes) is 28. The summed E-state index contributed by atoms with van der Waals surface area (Å²) in [4.78, 5) is 12.5. The van der Waals surface area contributed by atoms with Crippen molar-refractivity contribution in [3.63, 3.8) is 0 Å². The lowest BCUT2D eigenvalue weighted by atomic mass is 10.0. The molecule has 0 aliphatic rings. The van der Waals surface area contributed by atoms with Crippen LogP contribution in [0.15, 0.2) is 85.1 Å². The first-order valence-electron chi connectivity index (χ1n) is 26.3. The smallest absolute Gasteiger partial charge is 0.220 e. The molecule has 1 amide bonds. The van der Waals surface area contributed by atoms with Gasteiger partial charge in [0.05, 0.1) is 18.8 Å². The Labute approximate surface area is 380 Å². The van der Waals surface area contributed by atoms with Crippen molar-refractivity contribution >= 4 is 5.91 Å². The van der Waals surface area contributed by atoms with Crippen molar-refractivity contribution in [1.82, 2.24) is 5.32 Å². The van der Waals surface area contributed by atoms with Crippen LogP contribution in [-0.2, 0) is 4.79 Å². The van der Waals surface area contributed by atoms with Gasteiger partial charge in [-0.1, -0.05) is 253 Å². The standard InChI is InChI=1S/C57H101NO3/c1-3-5-7-9-11-13-15-17-19-21-23-25-27-29-31-33-35-37-39-41-43-45-47-49-51-53-57(61)58-55(54-59)56(60)52-50-48-46-44-42-40-38-36-34-32-30-28-26-24-22-20-18-16-14-12-10-8-6-4-2/h5,7,11,13,17,19,23,25,29,31,42,44,50,52,55-56,59-60H,3-4,6,8-10,12,14-16,18,20-22,24,26-28,30,32-41,43,45-49,51,53-54H2,1-2H3,(H,58,61)/b7-5-,13-11-,19-17-,25-23-,31-29-,44-42+,52-50+. The number of aliphatic hydroxyl groups excluding tert-OH is 2. The summed E-state index contributed by atoms with van der Waals surface area (Å²) in [7, 11) is 0. The molecule has 0 rings (SSSR count). The van der Waals surface area contributed by atoms with Gasteiger partial charge in [0.25, 0.3) is 0 Å². The molecule has 4 nitrogen and oxygen atoms in total. The molecule has 2 unspecified atom stereocenters. The summed E-state index contributed by atoms with van der Waals surface area (Å²) in [6, 6.07) is -0.648. The third-order valence-electron chi connectivity index (χ3n) is 11.6. The minimum absolute atomic E-state index is 0.0819. The van der Waals surface area contributed by atoms with Crippen LogP contribution in [0.3, 0.4) is 0 Å². The largest absolute Gasteiger partial charge is 0.394 e. The van der Waals surface area contributed by atoms with Crippen LogP contribution in [0.5, 0.6) is 0 Å². The van der Waals surface area contributed by atoms with Gasteiger partial charge in [0.2, 0.25) is 5.91 Å². The highest BCUT2D eigenvalue weighted by Gasteiger charge is 2.17. The topological polar surface area (TPSA) is 69.6 Å². The van der Waals surface area contributed by atoms with Crippen molar-refractivity contribution in [3.8, 4) is 0 Å². The molecule has 0 aromatic rings. The minimum atomic E-state index is -0.871. The summed E-state index contributed by atoms with van der Waals surface area (Å²) >= 11 is 0. The lowest BCUT2D eigenvalue weighted by Crippen LogP contribution is -2.45. The Morgan fingerprint density at radius 1 is 0.410 bits per heavy atom. The maximum absolute atomic E-state index is 12.5. The second kappa shape index (κ2) is 51.9. The zero-order chi connectivity index (χ0) is 44.2. The fourth-order valence-electron chi connectivity index (χ4n) is 7.63. The highest BCUT2D eigenvalue weighted by Crippen LogP contribution is 2.16. The third-order valence-corrected chi connectivity index (χ3v) is 11.6. The number of aliphatic hydroxyl groups is 2. The highest BCUT2D eigenvalue weighted by atomic mass is 16.3. The molecule has 4 heteroatoms. The van der Waals surface area contributed by atoms with E-state index in [0.717, 1.165) is 70.6 Å². The number of hydrogen-bond donors (Lipinski definition) is 3. The molecular formula is C57H101NO3. The molecule has 0 saturated carbocycles. The van der Waals surface area contributed by atoms with Crippen LogP contribution in [0.2, 0.25) is 0 Å². The summed E-state index contributed by atoms with van der Waals surface area (Å²) in [6.07, 6.45) is 75.8. The van der Waals surface area contributed by atoms with E-state index in [4.69, 9.17) is 0 Å².